The Bertz CT molecular complexity index is 8590. The van der Waals surface area contributed by atoms with Crippen LogP contribution in [0.1, 0.15) is 0 Å². The van der Waals surface area contributed by atoms with Gasteiger partial charge in [-0.3, -0.25) is 9.97 Å². The van der Waals surface area contributed by atoms with E-state index in [2.05, 4.69) is 379 Å². The SMILES string of the molecule is c1ccc(-c2nc(-c3ccncc3)nc(-c3ccc(-n4c5ccc(-c6ccc7c(c6)c6ccccc6n7-c6ccccc6)cc5c5cc(-c6ccc7c(c6)c6ccccc6n7-c6ccccc6)ccc54)cc3)n2)cc1.c1ccc(-c2nc(-c3ccncc3)nc(-c3ccc(-n4c5ccccc5c5cc(-c6ccc7c(c6)c6ccccc6n7-c6ccccc6)ccc54)cc3)n2)cc1. The summed E-state index contributed by atoms with van der Waals surface area (Å²) in [5.41, 5.74) is 29.7. The van der Waals surface area contributed by atoms with Crippen molar-refractivity contribution >= 4 is 109 Å². The molecule has 0 spiro atoms. The molecule has 0 aliphatic carbocycles. The molecule has 13 heteroatoms. The zero-order valence-electron chi connectivity index (χ0n) is 70.6. The van der Waals surface area contributed by atoms with Gasteiger partial charge in [0, 0.05) is 140 Å². The zero-order valence-corrected chi connectivity index (χ0v) is 70.6. The maximum absolute atomic E-state index is 5.03. The first kappa shape index (κ1) is 75.6. The number of aromatic nitrogens is 13. The van der Waals surface area contributed by atoms with Crippen LogP contribution in [0.2, 0.25) is 0 Å². The summed E-state index contributed by atoms with van der Waals surface area (Å²) in [6.07, 6.45) is 7.05. The van der Waals surface area contributed by atoms with Crippen LogP contribution in [0.25, 0.3) is 239 Å². The highest BCUT2D eigenvalue weighted by Gasteiger charge is 2.24. The van der Waals surface area contributed by atoms with Gasteiger partial charge in [0.15, 0.2) is 34.9 Å². The molecule has 0 atom stereocenters. The average Bonchev–Trinajstić information content (AvgIpc) is 1.58. The van der Waals surface area contributed by atoms with Gasteiger partial charge in [0.2, 0.25) is 0 Å². The van der Waals surface area contributed by atoms with Gasteiger partial charge in [-0.15, -0.1) is 0 Å². The van der Waals surface area contributed by atoms with Crippen molar-refractivity contribution in [3.8, 4) is 130 Å². The van der Waals surface area contributed by atoms with Crippen molar-refractivity contribution in [3.05, 3.63) is 455 Å². The van der Waals surface area contributed by atoms with E-state index in [1.54, 1.807) is 24.8 Å². The minimum atomic E-state index is 0.599. The van der Waals surface area contributed by atoms with E-state index in [1.165, 1.54) is 109 Å². The molecule has 0 aliphatic heterocycles. The van der Waals surface area contributed by atoms with Crippen molar-refractivity contribution in [3.63, 3.8) is 0 Å². The van der Waals surface area contributed by atoms with E-state index < -0.39 is 0 Å². The largest absolute Gasteiger partial charge is 0.309 e. The molecule has 9 heterocycles. The highest BCUT2D eigenvalue weighted by atomic mass is 15.1. The van der Waals surface area contributed by atoms with Crippen LogP contribution in [0.15, 0.2) is 455 Å². The summed E-state index contributed by atoms with van der Waals surface area (Å²) in [6, 6.07) is 153. The first-order chi connectivity index (χ1) is 64.9. The first-order valence-corrected chi connectivity index (χ1v) is 44.0. The van der Waals surface area contributed by atoms with Gasteiger partial charge in [-0.05, 0) is 240 Å². The number of nitrogens with zero attached hydrogens (tertiary/aromatic N) is 13. The monoisotopic (exact) mass is 1670 g/mol. The van der Waals surface area contributed by atoms with Gasteiger partial charge in [0.05, 0.1) is 55.2 Å². The molecule has 0 bridgehead atoms. The van der Waals surface area contributed by atoms with Crippen molar-refractivity contribution in [1.29, 1.82) is 0 Å². The highest BCUT2D eigenvalue weighted by Crippen LogP contribution is 2.45. The summed E-state index contributed by atoms with van der Waals surface area (Å²) in [5.74, 6) is 3.68. The number of benzene rings is 17. The van der Waals surface area contributed by atoms with Gasteiger partial charge >= 0.3 is 0 Å². The van der Waals surface area contributed by atoms with E-state index in [0.717, 1.165) is 95.0 Å². The van der Waals surface area contributed by atoms with Gasteiger partial charge < -0.3 is 22.8 Å². The molecular formula is C118H75N13. The normalized spacial score (nSPS) is 11.7. The Morgan fingerprint density at radius 3 is 0.527 bits per heavy atom. The van der Waals surface area contributed by atoms with Crippen molar-refractivity contribution in [2.24, 2.45) is 0 Å². The Labute approximate surface area is 752 Å². The molecule has 0 fully saturated rings. The molecule has 0 aliphatic rings. The molecule has 0 saturated heterocycles. The molecule has 131 heavy (non-hydrogen) atoms. The molecule has 26 aromatic rings. The van der Waals surface area contributed by atoms with Crippen molar-refractivity contribution in [2.45, 2.75) is 0 Å². The summed E-state index contributed by atoms with van der Waals surface area (Å²) in [5, 5.41) is 12.2. The van der Waals surface area contributed by atoms with Crippen LogP contribution in [0, 0.1) is 0 Å². The number of hydrogen-bond donors (Lipinski definition) is 0. The van der Waals surface area contributed by atoms with E-state index in [9.17, 15) is 0 Å². The Balaban J connectivity index is 0.000000147. The van der Waals surface area contributed by atoms with Crippen molar-refractivity contribution < 1.29 is 0 Å². The third kappa shape index (κ3) is 13.3. The van der Waals surface area contributed by atoms with Gasteiger partial charge in [-0.25, -0.2) is 29.9 Å². The van der Waals surface area contributed by atoms with E-state index >= 15 is 0 Å². The van der Waals surface area contributed by atoms with Crippen molar-refractivity contribution in [2.75, 3.05) is 0 Å². The van der Waals surface area contributed by atoms with Crippen LogP contribution in [0.3, 0.4) is 0 Å². The van der Waals surface area contributed by atoms with E-state index in [0.29, 0.717) is 34.9 Å². The van der Waals surface area contributed by atoms with Crippen molar-refractivity contribution in [1.82, 2.24) is 62.7 Å². The van der Waals surface area contributed by atoms with Gasteiger partial charge in [0.25, 0.3) is 0 Å². The molecule has 0 amide bonds. The quantitative estimate of drug-likeness (QED) is 0.105. The van der Waals surface area contributed by atoms with Gasteiger partial charge in [-0.2, -0.15) is 0 Å². The third-order valence-corrected chi connectivity index (χ3v) is 25.5. The second kappa shape index (κ2) is 31.6. The summed E-state index contributed by atoms with van der Waals surface area (Å²) >= 11 is 0. The highest BCUT2D eigenvalue weighted by molar-refractivity contribution is 6.17. The number of hydrogen-bond acceptors (Lipinski definition) is 8. The lowest BCUT2D eigenvalue weighted by Crippen LogP contribution is -2.00. The molecular weight excluding hydrogens is 1600 g/mol. The molecule has 0 saturated carbocycles. The Hall–Kier alpha value is -17.9. The first-order valence-electron chi connectivity index (χ1n) is 44.0. The van der Waals surface area contributed by atoms with E-state index in [1.807, 2.05) is 84.9 Å². The molecule has 0 N–H and O–H groups in total. The number of rotatable bonds is 14. The fourth-order valence-corrected chi connectivity index (χ4v) is 19.3. The maximum atomic E-state index is 5.03. The second-order valence-corrected chi connectivity index (χ2v) is 33.1. The molecule has 13 nitrogen and oxygen atoms in total. The second-order valence-electron chi connectivity index (χ2n) is 33.1. The van der Waals surface area contributed by atoms with Crippen LogP contribution in [0.4, 0.5) is 0 Å². The standard InChI is InChI=1S/C68H43N7.C50H32N6/c1-4-14-44(15-5-1)66-70-67(72-68(71-66)46-36-38-69-39-37-46)45-24-30-53(31-25-45)75-64-34-28-49(47-26-32-62-56(40-47)54-20-10-12-22-60(54)73(62)51-16-6-2-7-17-51)42-58(64)59-43-50(29-35-65(59)75)48-27-33-63-57(41-48)55-21-11-13-23-61(55)74(63)52-18-8-3-9-19-52;1-3-11-33(12-4-1)48-52-49(54-50(53-48)35-27-29-51-30-28-35)34-19-23-39(24-20-34)56-45-18-10-8-16-41(45)43-32-37(22-26-47(43)56)36-21-25-46-42(31-36)40-15-7-9-17-44(40)55(46)38-13-5-2-6-14-38/h1-43H;1-32H. The van der Waals surface area contributed by atoms with Crippen LogP contribution < -0.4 is 0 Å². The fourth-order valence-electron chi connectivity index (χ4n) is 19.3. The smallest absolute Gasteiger partial charge is 0.164 e. The van der Waals surface area contributed by atoms with Crippen LogP contribution in [0.5, 0.6) is 0 Å². The molecule has 17 aromatic carbocycles. The van der Waals surface area contributed by atoms with Gasteiger partial charge in [-0.1, -0.05) is 224 Å². The lowest BCUT2D eigenvalue weighted by Gasteiger charge is -2.11. The average molecular weight is 1670 g/mol. The van der Waals surface area contributed by atoms with Crippen LogP contribution in [-0.2, 0) is 0 Å². The Kier molecular flexibility index (Phi) is 18.2. The minimum Gasteiger partial charge on any atom is -0.309 e. The number of fused-ring (bicyclic) bond motifs is 15. The topological polar surface area (TPSA) is 128 Å². The Morgan fingerprint density at radius 2 is 0.290 bits per heavy atom. The number of pyridine rings is 2. The van der Waals surface area contributed by atoms with E-state index in [-0.39, 0.29) is 0 Å². The lowest BCUT2D eigenvalue weighted by molar-refractivity contribution is 1.07. The summed E-state index contributed by atoms with van der Waals surface area (Å²) in [7, 11) is 0. The lowest BCUT2D eigenvalue weighted by atomic mass is 9.98. The predicted molar refractivity (Wildman–Crippen MR) is 536 cm³/mol. The van der Waals surface area contributed by atoms with Gasteiger partial charge in [0.1, 0.15) is 0 Å². The predicted octanol–water partition coefficient (Wildman–Crippen LogP) is 29.0. The Morgan fingerprint density at radius 1 is 0.122 bits per heavy atom. The molecule has 0 unspecified atom stereocenters. The maximum Gasteiger partial charge on any atom is 0.164 e. The summed E-state index contributed by atoms with van der Waals surface area (Å²) < 4.78 is 11.8. The van der Waals surface area contributed by atoms with Crippen LogP contribution in [-0.4, -0.2) is 62.7 Å². The minimum absolute atomic E-state index is 0.599. The molecule has 9 aromatic heterocycles. The summed E-state index contributed by atoms with van der Waals surface area (Å²) in [6.45, 7) is 0. The fraction of sp³-hybridized carbons (Fsp3) is 0. The zero-order chi connectivity index (χ0) is 86.4. The van der Waals surface area contributed by atoms with E-state index in [4.69, 9.17) is 29.9 Å². The number of para-hydroxylation sites is 7. The molecule has 612 valence electrons. The molecule has 26 rings (SSSR count). The molecule has 0 radical (unpaired) electrons. The van der Waals surface area contributed by atoms with Crippen LogP contribution >= 0.6 is 0 Å². The summed E-state index contributed by atoms with van der Waals surface area (Å²) in [4.78, 5) is 38.1. The third-order valence-electron chi connectivity index (χ3n) is 25.5.